The van der Waals surface area contributed by atoms with Crippen LogP contribution in [0.4, 0.5) is 4.39 Å². The molecule has 0 aromatic heterocycles. The Balaban J connectivity index is 2.00. The van der Waals surface area contributed by atoms with E-state index in [-0.39, 0.29) is 12.4 Å². The third kappa shape index (κ3) is 4.37. The second-order valence-corrected chi connectivity index (χ2v) is 5.52. The van der Waals surface area contributed by atoms with Gasteiger partial charge in [-0.15, -0.1) is 0 Å². The zero-order valence-electron chi connectivity index (χ0n) is 11.2. The molecule has 0 saturated carbocycles. The van der Waals surface area contributed by atoms with E-state index >= 15 is 0 Å². The first kappa shape index (κ1) is 15.7. The Morgan fingerprint density at radius 1 is 1.24 bits per heavy atom. The van der Waals surface area contributed by atoms with Crippen molar-refractivity contribution >= 4 is 21.9 Å². The third-order valence-electron chi connectivity index (χ3n) is 3.17. The van der Waals surface area contributed by atoms with Crippen LogP contribution >= 0.6 is 15.9 Å². The number of rotatable bonds is 6. The van der Waals surface area contributed by atoms with Gasteiger partial charge in [0.1, 0.15) is 5.82 Å². The summed E-state index contributed by atoms with van der Waals surface area (Å²) in [4.78, 5) is 11.4. The van der Waals surface area contributed by atoms with Crippen LogP contribution in [-0.4, -0.2) is 17.6 Å². The molecule has 3 nitrogen and oxygen atoms in total. The van der Waals surface area contributed by atoms with Gasteiger partial charge in [-0.2, -0.15) is 0 Å². The molecular formula is C16H15BrFNO2. The van der Waals surface area contributed by atoms with Crippen molar-refractivity contribution in [2.24, 2.45) is 0 Å². The molecule has 2 rings (SSSR count). The molecule has 0 aliphatic rings. The lowest BCUT2D eigenvalue weighted by atomic mass is 9.99. The van der Waals surface area contributed by atoms with Crippen LogP contribution < -0.4 is 5.32 Å². The number of carboxylic acid groups (broad SMARTS) is 1. The Labute approximate surface area is 130 Å². The lowest BCUT2D eigenvalue weighted by molar-refractivity contribution is -0.138. The first-order chi connectivity index (χ1) is 10.1. The molecule has 0 aliphatic carbocycles. The van der Waals surface area contributed by atoms with Gasteiger partial charge in [0.2, 0.25) is 0 Å². The summed E-state index contributed by atoms with van der Waals surface area (Å²) in [5, 5.41) is 12.4. The van der Waals surface area contributed by atoms with Gasteiger partial charge in [-0.1, -0.05) is 46.3 Å². The summed E-state index contributed by atoms with van der Waals surface area (Å²) in [6.07, 6.45) is 0. The predicted molar refractivity (Wildman–Crippen MR) is 82.6 cm³/mol. The fourth-order valence-electron chi connectivity index (χ4n) is 2.06. The number of hydrogen-bond acceptors (Lipinski definition) is 2. The van der Waals surface area contributed by atoms with Crippen LogP contribution in [0.2, 0.25) is 0 Å². The van der Waals surface area contributed by atoms with Gasteiger partial charge < -0.3 is 10.4 Å². The maximum atomic E-state index is 13.2. The molecular weight excluding hydrogens is 337 g/mol. The van der Waals surface area contributed by atoms with Gasteiger partial charge in [-0.25, -0.2) is 4.39 Å². The monoisotopic (exact) mass is 351 g/mol. The smallest absolute Gasteiger partial charge is 0.312 e. The SMILES string of the molecule is O=C(O)C(CNCc1cc(F)ccc1Br)c1ccccc1. The number of hydrogen-bond donors (Lipinski definition) is 2. The summed E-state index contributed by atoms with van der Waals surface area (Å²) in [7, 11) is 0. The molecule has 2 N–H and O–H groups in total. The number of aliphatic carboxylic acids is 1. The Morgan fingerprint density at radius 2 is 1.95 bits per heavy atom. The van der Waals surface area contributed by atoms with E-state index in [1.54, 1.807) is 18.2 Å². The van der Waals surface area contributed by atoms with Crippen molar-refractivity contribution in [3.05, 3.63) is 69.9 Å². The summed E-state index contributed by atoms with van der Waals surface area (Å²) in [6, 6.07) is 13.5. The van der Waals surface area contributed by atoms with Crippen LogP contribution in [-0.2, 0) is 11.3 Å². The summed E-state index contributed by atoms with van der Waals surface area (Å²) in [6.45, 7) is 0.678. The van der Waals surface area contributed by atoms with Crippen LogP contribution in [0, 0.1) is 5.82 Å². The highest BCUT2D eigenvalue weighted by Gasteiger charge is 2.19. The summed E-state index contributed by atoms with van der Waals surface area (Å²) in [5.41, 5.74) is 1.50. The van der Waals surface area contributed by atoms with Crippen LogP contribution in [0.25, 0.3) is 0 Å². The number of halogens is 2. The first-order valence-corrected chi connectivity index (χ1v) is 7.29. The molecule has 21 heavy (non-hydrogen) atoms. The van der Waals surface area contributed by atoms with Crippen molar-refractivity contribution < 1.29 is 14.3 Å². The predicted octanol–water partition coefficient (Wildman–Crippen LogP) is 3.55. The minimum absolute atomic E-state index is 0.280. The van der Waals surface area contributed by atoms with Crippen LogP contribution in [0.5, 0.6) is 0 Å². The van der Waals surface area contributed by atoms with E-state index in [2.05, 4.69) is 21.2 Å². The fraction of sp³-hybridized carbons (Fsp3) is 0.188. The molecule has 1 unspecified atom stereocenters. The molecule has 2 aromatic carbocycles. The molecule has 2 aromatic rings. The van der Waals surface area contributed by atoms with Gasteiger partial charge >= 0.3 is 5.97 Å². The Bertz CT molecular complexity index is 619. The minimum atomic E-state index is -0.882. The van der Waals surface area contributed by atoms with E-state index in [1.807, 2.05) is 18.2 Å². The van der Waals surface area contributed by atoms with Gasteiger partial charge in [-0.3, -0.25) is 4.79 Å². The first-order valence-electron chi connectivity index (χ1n) is 6.50. The van der Waals surface area contributed by atoms with Gasteiger partial charge in [0, 0.05) is 17.6 Å². The molecule has 110 valence electrons. The maximum Gasteiger partial charge on any atom is 0.312 e. The van der Waals surface area contributed by atoms with Crippen molar-refractivity contribution in [3.63, 3.8) is 0 Å². The lowest BCUT2D eigenvalue weighted by Gasteiger charge is -2.14. The second-order valence-electron chi connectivity index (χ2n) is 4.67. The van der Waals surface area contributed by atoms with Gasteiger partial charge in [0.15, 0.2) is 0 Å². The molecule has 0 saturated heterocycles. The van der Waals surface area contributed by atoms with Gasteiger partial charge in [0.25, 0.3) is 0 Å². The summed E-state index contributed by atoms with van der Waals surface area (Å²) >= 11 is 3.35. The Morgan fingerprint density at radius 3 is 2.62 bits per heavy atom. The maximum absolute atomic E-state index is 13.2. The van der Waals surface area contributed by atoms with E-state index in [1.165, 1.54) is 12.1 Å². The number of benzene rings is 2. The normalized spacial score (nSPS) is 12.1. The zero-order chi connectivity index (χ0) is 15.2. The van der Waals surface area contributed by atoms with E-state index in [4.69, 9.17) is 0 Å². The van der Waals surface area contributed by atoms with E-state index < -0.39 is 11.9 Å². The van der Waals surface area contributed by atoms with Crippen molar-refractivity contribution in [2.75, 3.05) is 6.54 Å². The average Bonchev–Trinajstić information content (AvgIpc) is 2.47. The molecule has 0 fully saturated rings. The summed E-state index contributed by atoms with van der Waals surface area (Å²) < 4.78 is 14.0. The molecule has 0 heterocycles. The number of carboxylic acids is 1. The largest absolute Gasteiger partial charge is 0.481 e. The van der Waals surface area contributed by atoms with Crippen molar-refractivity contribution in [3.8, 4) is 0 Å². The number of nitrogens with one attached hydrogen (secondary N) is 1. The van der Waals surface area contributed by atoms with Crippen LogP contribution in [0.1, 0.15) is 17.0 Å². The standard InChI is InChI=1S/C16H15BrFNO2/c17-15-7-6-13(18)8-12(15)9-19-10-14(16(20)21)11-4-2-1-3-5-11/h1-8,14,19H,9-10H2,(H,20,21). The van der Waals surface area contributed by atoms with Crippen molar-refractivity contribution in [1.29, 1.82) is 0 Å². The second kappa shape index (κ2) is 7.33. The van der Waals surface area contributed by atoms with E-state index in [0.717, 1.165) is 15.6 Å². The highest BCUT2D eigenvalue weighted by Crippen LogP contribution is 2.19. The highest BCUT2D eigenvalue weighted by molar-refractivity contribution is 9.10. The average molecular weight is 352 g/mol. The van der Waals surface area contributed by atoms with Crippen molar-refractivity contribution in [2.45, 2.75) is 12.5 Å². The van der Waals surface area contributed by atoms with Crippen LogP contribution in [0.3, 0.4) is 0 Å². The summed E-state index contributed by atoms with van der Waals surface area (Å²) in [5.74, 6) is -1.82. The number of carbonyl (C=O) groups is 1. The Kier molecular flexibility index (Phi) is 5.47. The topological polar surface area (TPSA) is 49.3 Å². The quantitative estimate of drug-likeness (QED) is 0.836. The molecule has 0 spiro atoms. The highest BCUT2D eigenvalue weighted by atomic mass is 79.9. The van der Waals surface area contributed by atoms with Gasteiger partial charge in [-0.05, 0) is 29.3 Å². The van der Waals surface area contributed by atoms with Crippen molar-refractivity contribution in [1.82, 2.24) is 5.32 Å². The molecule has 0 bridgehead atoms. The molecule has 0 radical (unpaired) electrons. The lowest BCUT2D eigenvalue weighted by Crippen LogP contribution is -2.26. The Hall–Kier alpha value is -1.72. The molecule has 0 amide bonds. The molecule has 1 atom stereocenters. The molecule has 0 aliphatic heterocycles. The third-order valence-corrected chi connectivity index (χ3v) is 3.95. The molecule has 5 heteroatoms. The van der Waals surface area contributed by atoms with Crippen LogP contribution in [0.15, 0.2) is 53.0 Å². The van der Waals surface area contributed by atoms with E-state index in [0.29, 0.717) is 6.54 Å². The fourth-order valence-corrected chi connectivity index (χ4v) is 2.45. The minimum Gasteiger partial charge on any atom is -0.481 e. The zero-order valence-corrected chi connectivity index (χ0v) is 12.8. The van der Waals surface area contributed by atoms with Gasteiger partial charge in [0.05, 0.1) is 5.92 Å². The van der Waals surface area contributed by atoms with E-state index in [9.17, 15) is 14.3 Å².